The van der Waals surface area contributed by atoms with E-state index in [4.69, 9.17) is 10.2 Å². The zero-order valence-electron chi connectivity index (χ0n) is 14.2. The fourth-order valence-electron chi connectivity index (χ4n) is 2.95. The Bertz CT molecular complexity index is 897. The van der Waals surface area contributed by atoms with E-state index in [9.17, 15) is 4.79 Å². The van der Waals surface area contributed by atoms with Gasteiger partial charge in [0, 0.05) is 12.1 Å². The Morgan fingerprint density at radius 3 is 2.75 bits per heavy atom. The van der Waals surface area contributed by atoms with Crippen LogP contribution in [-0.4, -0.2) is 14.5 Å². The summed E-state index contributed by atoms with van der Waals surface area (Å²) in [5.41, 5.74) is 7.68. The molecule has 24 heavy (non-hydrogen) atoms. The topological polar surface area (TPSA) is 86.9 Å². The average Bonchev–Trinajstić information content (AvgIpc) is 3.08. The van der Waals surface area contributed by atoms with Gasteiger partial charge in [-0.05, 0) is 37.5 Å². The van der Waals surface area contributed by atoms with Crippen LogP contribution >= 0.6 is 0 Å². The molecule has 6 nitrogen and oxygen atoms in total. The van der Waals surface area contributed by atoms with Gasteiger partial charge in [-0.3, -0.25) is 9.36 Å². The lowest BCUT2D eigenvalue weighted by molar-refractivity contribution is 0.469. The van der Waals surface area contributed by atoms with Crippen molar-refractivity contribution in [1.82, 2.24) is 14.5 Å². The number of nitrogens with zero attached hydrogens (tertiary/aromatic N) is 3. The molecule has 6 heteroatoms. The third-order valence-electron chi connectivity index (χ3n) is 4.07. The first-order valence-electron chi connectivity index (χ1n) is 8.20. The summed E-state index contributed by atoms with van der Waals surface area (Å²) >= 11 is 0. The lowest BCUT2D eigenvalue weighted by Crippen LogP contribution is -2.29. The van der Waals surface area contributed by atoms with E-state index >= 15 is 0 Å². The maximum atomic E-state index is 12.9. The van der Waals surface area contributed by atoms with E-state index in [0.29, 0.717) is 35.0 Å². The number of nitrogens with two attached hydrogens (primary N) is 1. The summed E-state index contributed by atoms with van der Waals surface area (Å²) in [6, 6.07) is 5.26. The van der Waals surface area contributed by atoms with Gasteiger partial charge in [0.2, 0.25) is 0 Å². The molecule has 0 bridgehead atoms. The van der Waals surface area contributed by atoms with Gasteiger partial charge in [0.15, 0.2) is 12.2 Å². The van der Waals surface area contributed by atoms with E-state index < -0.39 is 0 Å². The van der Waals surface area contributed by atoms with Crippen LogP contribution in [0.4, 0.5) is 0 Å². The summed E-state index contributed by atoms with van der Waals surface area (Å²) in [6.45, 7) is 6.69. The van der Waals surface area contributed by atoms with E-state index in [-0.39, 0.29) is 11.6 Å². The number of hydrogen-bond acceptors (Lipinski definition) is 5. The first kappa shape index (κ1) is 16.4. The largest absolute Gasteiger partial charge is 0.444 e. The van der Waals surface area contributed by atoms with Crippen LogP contribution in [0.3, 0.4) is 0 Å². The average molecular weight is 326 g/mol. The zero-order chi connectivity index (χ0) is 17.3. The Kier molecular flexibility index (Phi) is 4.49. The molecule has 0 aliphatic heterocycles. The van der Waals surface area contributed by atoms with E-state index in [1.807, 2.05) is 19.1 Å². The monoisotopic (exact) mass is 326 g/mol. The molecule has 2 aromatic heterocycles. The Morgan fingerprint density at radius 1 is 1.33 bits per heavy atom. The molecule has 1 atom stereocenters. The second kappa shape index (κ2) is 6.57. The maximum Gasteiger partial charge on any atom is 0.261 e. The van der Waals surface area contributed by atoms with E-state index in [0.717, 1.165) is 12.0 Å². The summed E-state index contributed by atoms with van der Waals surface area (Å²) in [6.07, 6.45) is 3.78. The molecule has 0 saturated heterocycles. The molecule has 0 amide bonds. The predicted molar refractivity (Wildman–Crippen MR) is 93.6 cm³/mol. The molecule has 0 radical (unpaired) electrons. The minimum atomic E-state index is -0.254. The summed E-state index contributed by atoms with van der Waals surface area (Å²) < 4.78 is 6.98. The number of hydrogen-bond donors (Lipinski definition) is 1. The Labute approximate surface area is 140 Å². The number of fused-ring (bicyclic) bond motifs is 1. The standard InChI is InChI=1S/C18H22N4O2/c1-4-22-17(14(19)7-11(2)3)21-15-6-5-12(8-13(15)18(22)23)16-9-20-10-24-16/h5-6,8-11,14H,4,7,19H2,1-3H3. The highest BCUT2D eigenvalue weighted by atomic mass is 16.3. The number of oxazole rings is 1. The molecule has 2 N–H and O–H groups in total. The van der Waals surface area contributed by atoms with Gasteiger partial charge in [-0.25, -0.2) is 9.97 Å². The van der Waals surface area contributed by atoms with Crippen LogP contribution in [0.1, 0.15) is 39.1 Å². The zero-order valence-corrected chi connectivity index (χ0v) is 14.2. The van der Waals surface area contributed by atoms with Crippen molar-refractivity contribution < 1.29 is 4.42 Å². The van der Waals surface area contributed by atoms with Crippen molar-refractivity contribution in [2.24, 2.45) is 11.7 Å². The molecular weight excluding hydrogens is 304 g/mol. The first-order chi connectivity index (χ1) is 11.5. The summed E-state index contributed by atoms with van der Waals surface area (Å²) in [5.74, 6) is 1.71. The van der Waals surface area contributed by atoms with E-state index in [1.165, 1.54) is 6.39 Å². The van der Waals surface area contributed by atoms with Crippen LogP contribution in [0.15, 0.2) is 40.0 Å². The van der Waals surface area contributed by atoms with Gasteiger partial charge >= 0.3 is 0 Å². The van der Waals surface area contributed by atoms with Gasteiger partial charge in [-0.2, -0.15) is 0 Å². The minimum Gasteiger partial charge on any atom is -0.444 e. The fourth-order valence-corrected chi connectivity index (χ4v) is 2.95. The fraction of sp³-hybridized carbons (Fsp3) is 0.389. The molecule has 1 aromatic carbocycles. The Hall–Kier alpha value is -2.47. The lowest BCUT2D eigenvalue weighted by Gasteiger charge is -2.19. The van der Waals surface area contributed by atoms with Crippen LogP contribution in [0, 0.1) is 5.92 Å². The van der Waals surface area contributed by atoms with Crippen molar-refractivity contribution >= 4 is 10.9 Å². The van der Waals surface area contributed by atoms with Gasteiger partial charge < -0.3 is 10.2 Å². The second-order valence-corrected chi connectivity index (χ2v) is 6.35. The van der Waals surface area contributed by atoms with Crippen LogP contribution in [0.2, 0.25) is 0 Å². The summed E-state index contributed by atoms with van der Waals surface area (Å²) in [5, 5.41) is 0.561. The van der Waals surface area contributed by atoms with Gasteiger partial charge in [-0.1, -0.05) is 13.8 Å². The Balaban J connectivity index is 2.17. The molecule has 3 aromatic rings. The molecule has 0 aliphatic rings. The van der Waals surface area contributed by atoms with Gasteiger partial charge in [0.05, 0.1) is 23.1 Å². The third-order valence-corrected chi connectivity index (χ3v) is 4.07. The maximum absolute atomic E-state index is 12.9. The SMILES string of the molecule is CCn1c(C(N)CC(C)C)nc2ccc(-c3cnco3)cc2c1=O. The van der Waals surface area contributed by atoms with Crippen LogP contribution < -0.4 is 11.3 Å². The van der Waals surface area contributed by atoms with Crippen molar-refractivity contribution in [2.45, 2.75) is 39.8 Å². The molecule has 1 unspecified atom stereocenters. The molecule has 126 valence electrons. The minimum absolute atomic E-state index is 0.0712. The second-order valence-electron chi connectivity index (χ2n) is 6.35. The van der Waals surface area contributed by atoms with Gasteiger partial charge in [-0.15, -0.1) is 0 Å². The molecule has 0 fully saturated rings. The van der Waals surface area contributed by atoms with Crippen molar-refractivity contribution in [3.8, 4) is 11.3 Å². The summed E-state index contributed by atoms with van der Waals surface area (Å²) in [7, 11) is 0. The van der Waals surface area contributed by atoms with Crippen molar-refractivity contribution in [1.29, 1.82) is 0 Å². The third kappa shape index (κ3) is 2.97. The van der Waals surface area contributed by atoms with Crippen LogP contribution in [0.25, 0.3) is 22.2 Å². The van der Waals surface area contributed by atoms with Crippen LogP contribution in [0.5, 0.6) is 0 Å². The molecule has 0 saturated carbocycles. The van der Waals surface area contributed by atoms with E-state index in [2.05, 4.69) is 23.8 Å². The van der Waals surface area contributed by atoms with Crippen LogP contribution in [-0.2, 0) is 6.54 Å². The number of rotatable bonds is 5. The molecular formula is C18H22N4O2. The van der Waals surface area contributed by atoms with Crippen molar-refractivity contribution in [3.63, 3.8) is 0 Å². The Morgan fingerprint density at radius 2 is 2.12 bits per heavy atom. The predicted octanol–water partition coefficient (Wildman–Crippen LogP) is 3.12. The molecule has 0 aliphatic carbocycles. The lowest BCUT2D eigenvalue weighted by atomic mass is 10.0. The smallest absolute Gasteiger partial charge is 0.261 e. The normalized spacial score (nSPS) is 12.9. The quantitative estimate of drug-likeness (QED) is 0.778. The van der Waals surface area contributed by atoms with Crippen molar-refractivity contribution in [2.75, 3.05) is 0 Å². The van der Waals surface area contributed by atoms with Gasteiger partial charge in [0.1, 0.15) is 5.82 Å². The molecule has 0 spiro atoms. The van der Waals surface area contributed by atoms with Crippen molar-refractivity contribution in [3.05, 3.63) is 47.0 Å². The van der Waals surface area contributed by atoms with Gasteiger partial charge in [0.25, 0.3) is 5.56 Å². The highest BCUT2D eigenvalue weighted by Gasteiger charge is 2.18. The van der Waals surface area contributed by atoms with E-state index in [1.54, 1.807) is 16.8 Å². The number of aromatic nitrogens is 3. The summed E-state index contributed by atoms with van der Waals surface area (Å²) in [4.78, 5) is 21.5. The molecule has 2 heterocycles. The number of benzene rings is 1. The first-order valence-corrected chi connectivity index (χ1v) is 8.20. The highest BCUT2D eigenvalue weighted by Crippen LogP contribution is 2.23. The highest BCUT2D eigenvalue weighted by molar-refractivity contribution is 5.82. The molecule has 3 rings (SSSR count).